The number of benzene rings is 1. The van der Waals surface area contributed by atoms with Crippen LogP contribution in [-0.4, -0.2) is 61.6 Å². The number of alkyl halides is 3. The number of allylic oxidation sites excluding steroid dienone is 4. The van der Waals surface area contributed by atoms with Crippen LogP contribution in [0.1, 0.15) is 63.4 Å². The number of hydrogen-bond donors (Lipinski definition) is 0. The van der Waals surface area contributed by atoms with E-state index in [1.54, 1.807) is 31.7 Å². The van der Waals surface area contributed by atoms with Crippen LogP contribution in [0.5, 0.6) is 11.6 Å². The summed E-state index contributed by atoms with van der Waals surface area (Å²) in [6.45, 7) is 8.72. The average Bonchev–Trinajstić information content (AvgIpc) is 3.00. The lowest BCUT2D eigenvalue weighted by atomic mass is 9.94. The molecular weight excluding hydrogens is 592 g/mol. The number of amidine groups is 2. The van der Waals surface area contributed by atoms with Gasteiger partial charge in [-0.2, -0.15) is 13.2 Å². The van der Waals surface area contributed by atoms with Gasteiger partial charge in [-0.1, -0.05) is 33.3 Å². The maximum Gasteiger partial charge on any atom is 0.416 e. The second-order valence-corrected chi connectivity index (χ2v) is 10.4. The SMILES string of the molecule is CCC1=C(C(F)(F)F)C=C(C)N(C(=NC(C)=Nc2cc(F)cc(OC)c2)/C(=C\C(C)CC)c2cnc(OC)c(C(=O)OC)c2)C1. The zero-order valence-corrected chi connectivity index (χ0v) is 26.7. The lowest BCUT2D eigenvalue weighted by Gasteiger charge is -2.34. The maximum atomic E-state index is 14.2. The first kappa shape index (κ1) is 35.0. The van der Waals surface area contributed by atoms with Crippen molar-refractivity contribution in [2.24, 2.45) is 15.9 Å². The molecule has 0 radical (unpaired) electrons. The van der Waals surface area contributed by atoms with Crippen LogP contribution in [0.15, 0.2) is 69.4 Å². The Hall–Kier alpha value is -4.48. The number of nitrogens with zero attached hydrogens (tertiary/aromatic N) is 4. The van der Waals surface area contributed by atoms with E-state index in [4.69, 9.17) is 19.2 Å². The molecule has 0 saturated heterocycles. The molecule has 0 spiro atoms. The minimum absolute atomic E-state index is 0.0143. The maximum absolute atomic E-state index is 14.2. The molecule has 1 aliphatic heterocycles. The minimum atomic E-state index is -4.53. The van der Waals surface area contributed by atoms with Crippen LogP contribution < -0.4 is 9.47 Å². The average molecular weight is 631 g/mol. The van der Waals surface area contributed by atoms with E-state index in [1.807, 2.05) is 19.9 Å². The van der Waals surface area contributed by atoms with Crippen molar-refractivity contribution in [1.29, 1.82) is 0 Å². The number of aromatic nitrogens is 1. The summed E-state index contributed by atoms with van der Waals surface area (Å²) in [5.41, 5.74) is 1.02. The Labute approximate surface area is 260 Å². The molecule has 1 unspecified atom stereocenters. The van der Waals surface area contributed by atoms with Gasteiger partial charge in [0.2, 0.25) is 5.88 Å². The Kier molecular flexibility index (Phi) is 11.7. The zero-order valence-electron chi connectivity index (χ0n) is 26.7. The topological polar surface area (TPSA) is 85.6 Å². The fourth-order valence-corrected chi connectivity index (χ4v) is 4.70. The predicted molar refractivity (Wildman–Crippen MR) is 167 cm³/mol. The highest BCUT2D eigenvalue weighted by Crippen LogP contribution is 2.37. The van der Waals surface area contributed by atoms with E-state index in [2.05, 4.69) is 9.98 Å². The molecule has 0 aliphatic carbocycles. The molecule has 2 aromatic rings. The van der Waals surface area contributed by atoms with Gasteiger partial charge in [0.15, 0.2) is 0 Å². The molecule has 1 aromatic heterocycles. The van der Waals surface area contributed by atoms with Crippen molar-refractivity contribution in [3.8, 4) is 11.6 Å². The lowest BCUT2D eigenvalue weighted by Crippen LogP contribution is -2.37. The fourth-order valence-electron chi connectivity index (χ4n) is 4.70. The number of rotatable bonds is 9. The largest absolute Gasteiger partial charge is 0.497 e. The van der Waals surface area contributed by atoms with E-state index in [1.165, 1.54) is 45.7 Å². The van der Waals surface area contributed by atoms with Crippen molar-refractivity contribution in [3.05, 3.63) is 76.4 Å². The molecule has 1 atom stereocenters. The highest BCUT2D eigenvalue weighted by atomic mass is 19.4. The molecule has 0 amide bonds. The Morgan fingerprint density at radius 3 is 2.42 bits per heavy atom. The van der Waals surface area contributed by atoms with Crippen LogP contribution in [-0.2, 0) is 4.74 Å². The summed E-state index contributed by atoms with van der Waals surface area (Å²) in [5.74, 6) is -0.489. The zero-order chi connectivity index (χ0) is 33.5. The van der Waals surface area contributed by atoms with Crippen molar-refractivity contribution >= 4 is 28.9 Å². The number of carbonyl (C=O) groups is 1. The van der Waals surface area contributed by atoms with Crippen LogP contribution in [0.4, 0.5) is 23.2 Å². The normalized spacial score (nSPS) is 15.6. The second kappa shape index (κ2) is 15.0. The summed E-state index contributed by atoms with van der Waals surface area (Å²) in [5, 5.41) is 0. The molecule has 0 saturated carbocycles. The summed E-state index contributed by atoms with van der Waals surface area (Å²) in [4.78, 5) is 28.0. The number of methoxy groups -OCH3 is 3. The Morgan fingerprint density at radius 2 is 1.84 bits per heavy atom. The van der Waals surface area contributed by atoms with Crippen molar-refractivity contribution in [1.82, 2.24) is 9.88 Å². The van der Waals surface area contributed by atoms with Crippen molar-refractivity contribution in [3.63, 3.8) is 0 Å². The van der Waals surface area contributed by atoms with Gasteiger partial charge < -0.3 is 19.1 Å². The summed E-state index contributed by atoms with van der Waals surface area (Å²) in [6.07, 6.45) is 0.875. The molecular formula is C33H38F4N4O4. The van der Waals surface area contributed by atoms with Crippen LogP contribution in [0.2, 0.25) is 0 Å². The second-order valence-electron chi connectivity index (χ2n) is 10.4. The van der Waals surface area contributed by atoms with Gasteiger partial charge in [0.1, 0.15) is 28.8 Å². The molecule has 242 valence electrons. The molecule has 8 nitrogen and oxygen atoms in total. The molecule has 1 aliphatic rings. The minimum Gasteiger partial charge on any atom is -0.497 e. The number of ether oxygens (including phenoxy) is 3. The van der Waals surface area contributed by atoms with Gasteiger partial charge in [0.05, 0.1) is 32.6 Å². The van der Waals surface area contributed by atoms with Gasteiger partial charge in [0.25, 0.3) is 0 Å². The highest BCUT2D eigenvalue weighted by molar-refractivity contribution is 6.26. The van der Waals surface area contributed by atoms with Crippen LogP contribution in [0, 0.1) is 11.7 Å². The van der Waals surface area contributed by atoms with E-state index in [0.29, 0.717) is 16.8 Å². The summed E-state index contributed by atoms with van der Waals surface area (Å²) >= 11 is 0. The first-order valence-electron chi connectivity index (χ1n) is 14.3. The number of pyridine rings is 1. The van der Waals surface area contributed by atoms with E-state index >= 15 is 0 Å². The number of aliphatic imine (C=N–C) groups is 2. The first-order valence-corrected chi connectivity index (χ1v) is 14.3. The third-order valence-corrected chi connectivity index (χ3v) is 7.24. The van der Waals surface area contributed by atoms with Gasteiger partial charge in [0, 0.05) is 41.7 Å². The third-order valence-electron chi connectivity index (χ3n) is 7.24. The van der Waals surface area contributed by atoms with E-state index in [9.17, 15) is 22.4 Å². The Bertz CT molecular complexity index is 1570. The fraction of sp³-hybridized carbons (Fsp3) is 0.394. The van der Waals surface area contributed by atoms with Gasteiger partial charge in [-0.25, -0.2) is 24.2 Å². The van der Waals surface area contributed by atoms with E-state index < -0.39 is 23.5 Å². The Morgan fingerprint density at radius 1 is 1.13 bits per heavy atom. The highest BCUT2D eigenvalue weighted by Gasteiger charge is 2.38. The van der Waals surface area contributed by atoms with Crippen molar-refractivity contribution in [2.45, 2.75) is 53.6 Å². The van der Waals surface area contributed by atoms with E-state index in [-0.39, 0.29) is 59.0 Å². The van der Waals surface area contributed by atoms with Gasteiger partial charge in [-0.15, -0.1) is 0 Å². The first-order chi connectivity index (χ1) is 21.3. The van der Waals surface area contributed by atoms with Gasteiger partial charge in [-0.3, -0.25) is 0 Å². The number of hydrogen-bond acceptors (Lipinski definition) is 6. The number of esters is 1. The summed E-state index contributed by atoms with van der Waals surface area (Å²) < 4.78 is 71.6. The monoisotopic (exact) mass is 630 g/mol. The van der Waals surface area contributed by atoms with Gasteiger partial charge in [-0.05, 0) is 50.0 Å². The van der Waals surface area contributed by atoms with Crippen LogP contribution in [0.3, 0.4) is 0 Å². The Balaban J connectivity index is 2.35. The molecule has 45 heavy (non-hydrogen) atoms. The summed E-state index contributed by atoms with van der Waals surface area (Å²) in [7, 11) is 4.01. The molecule has 0 N–H and O–H groups in total. The number of carbonyl (C=O) groups excluding carboxylic acids is 1. The molecule has 2 heterocycles. The standard InChI is InChI=1S/C33H38F4N4O4/c1-9-19(3)11-27(23-13-28(32(42)45-8)31(44-7)38-17-23)30(40-21(5)39-25-14-24(34)15-26(16-25)43-6)41-18-22(10-2)29(12-20(41)4)33(35,36)37/h11-17,19H,9-10,18H2,1-8H3/b27-11-,39-21?,40-30?. The number of halogens is 4. The predicted octanol–water partition coefficient (Wildman–Crippen LogP) is 8.09. The molecule has 1 aromatic carbocycles. The van der Waals surface area contributed by atoms with Crippen LogP contribution in [0.25, 0.3) is 5.57 Å². The van der Waals surface area contributed by atoms with Crippen molar-refractivity contribution in [2.75, 3.05) is 27.9 Å². The quantitative estimate of drug-likeness (QED) is 0.121. The molecule has 12 heteroatoms. The van der Waals surface area contributed by atoms with Crippen LogP contribution >= 0.6 is 0 Å². The molecule has 3 rings (SSSR count). The van der Waals surface area contributed by atoms with Crippen molar-refractivity contribution < 1.29 is 36.6 Å². The molecule has 0 bridgehead atoms. The summed E-state index contributed by atoms with van der Waals surface area (Å²) in [6, 6.07) is 5.51. The van der Waals surface area contributed by atoms with Gasteiger partial charge >= 0.3 is 12.1 Å². The smallest absolute Gasteiger partial charge is 0.416 e. The lowest BCUT2D eigenvalue weighted by molar-refractivity contribution is -0.0898. The third kappa shape index (κ3) is 8.58. The van der Waals surface area contributed by atoms with E-state index in [0.717, 1.165) is 12.5 Å². The molecule has 0 fully saturated rings.